The largest absolute Gasteiger partial charge is 0.301 e. The molecule has 3 atom stereocenters. The van der Waals surface area contributed by atoms with Crippen molar-refractivity contribution in [2.24, 2.45) is 0 Å². The summed E-state index contributed by atoms with van der Waals surface area (Å²) in [4.78, 5) is 20.3. The number of para-hydroxylation sites is 2. The number of aromatic nitrogens is 2. The van der Waals surface area contributed by atoms with Crippen molar-refractivity contribution in [2.75, 3.05) is 0 Å². The first-order valence-corrected chi connectivity index (χ1v) is 12.0. The fourth-order valence-corrected chi connectivity index (χ4v) is 6.60. The Bertz CT molecular complexity index is 904. The van der Waals surface area contributed by atoms with Crippen LogP contribution < -0.4 is 5.56 Å². The van der Waals surface area contributed by atoms with Gasteiger partial charge in [-0.15, -0.1) is 0 Å². The Morgan fingerprint density at radius 2 is 1.41 bits per heavy atom. The molecular formula is C24H32ClN3O. The standard InChI is InChI=1S/C24H32ClN3O/c25-23-24(29)28(22-14-7-6-13-21(22)26-23)20-15-18-11-8-12-19(16-20)27(18)17-9-4-2-1-3-5-10-17/h6-7,13-14,17-20H,1-5,8-12,15-16H2/t18-,19+,20-. The third-order valence-electron chi connectivity index (χ3n) is 7.62. The molecule has 0 spiro atoms. The summed E-state index contributed by atoms with van der Waals surface area (Å²) >= 11 is 6.26. The number of hydrogen-bond acceptors (Lipinski definition) is 3. The third-order valence-corrected chi connectivity index (χ3v) is 7.87. The Morgan fingerprint density at radius 1 is 0.793 bits per heavy atom. The molecule has 5 rings (SSSR count). The summed E-state index contributed by atoms with van der Waals surface area (Å²) in [5.74, 6) is 0. The van der Waals surface area contributed by atoms with E-state index in [9.17, 15) is 4.79 Å². The fraction of sp³-hybridized carbons (Fsp3) is 0.667. The monoisotopic (exact) mass is 413 g/mol. The predicted octanol–water partition coefficient (Wildman–Crippen LogP) is 5.72. The second-order valence-electron chi connectivity index (χ2n) is 9.38. The summed E-state index contributed by atoms with van der Waals surface area (Å²) in [5, 5.41) is 0.108. The van der Waals surface area contributed by atoms with Gasteiger partial charge in [-0.2, -0.15) is 0 Å². The van der Waals surface area contributed by atoms with E-state index in [4.69, 9.17) is 11.6 Å². The van der Waals surface area contributed by atoms with Gasteiger partial charge in [0.2, 0.25) is 0 Å². The average molecular weight is 414 g/mol. The number of nitrogens with zero attached hydrogens (tertiary/aromatic N) is 3. The van der Waals surface area contributed by atoms with Crippen molar-refractivity contribution in [3.63, 3.8) is 0 Å². The quantitative estimate of drug-likeness (QED) is 0.631. The minimum Gasteiger partial charge on any atom is -0.301 e. The van der Waals surface area contributed by atoms with Gasteiger partial charge in [0, 0.05) is 24.2 Å². The highest BCUT2D eigenvalue weighted by molar-refractivity contribution is 6.29. The molecule has 5 heteroatoms. The molecule has 0 unspecified atom stereocenters. The minimum atomic E-state index is -0.118. The maximum absolute atomic E-state index is 13.0. The van der Waals surface area contributed by atoms with Crippen LogP contribution in [0.1, 0.15) is 83.1 Å². The first kappa shape index (κ1) is 19.6. The number of halogens is 1. The summed E-state index contributed by atoms with van der Waals surface area (Å²) < 4.78 is 1.98. The third kappa shape index (κ3) is 3.74. The van der Waals surface area contributed by atoms with Crippen molar-refractivity contribution in [1.29, 1.82) is 0 Å². The van der Waals surface area contributed by atoms with E-state index in [1.165, 1.54) is 64.2 Å². The summed E-state index contributed by atoms with van der Waals surface area (Å²) in [6.07, 6.45) is 15.7. The van der Waals surface area contributed by atoms with Crippen molar-refractivity contribution in [2.45, 2.75) is 101 Å². The molecule has 1 aliphatic carbocycles. The molecule has 1 aromatic carbocycles. The zero-order valence-electron chi connectivity index (χ0n) is 17.2. The second-order valence-corrected chi connectivity index (χ2v) is 9.73. The van der Waals surface area contributed by atoms with Crippen LogP contribution in [0, 0.1) is 0 Å². The van der Waals surface area contributed by atoms with Crippen molar-refractivity contribution < 1.29 is 0 Å². The number of benzene rings is 1. The molecule has 4 nitrogen and oxygen atoms in total. The van der Waals surface area contributed by atoms with E-state index in [0.29, 0.717) is 12.1 Å². The summed E-state index contributed by atoms with van der Waals surface area (Å²) in [5.41, 5.74) is 1.64. The number of rotatable bonds is 2. The van der Waals surface area contributed by atoms with Crippen LogP contribution in [0.4, 0.5) is 0 Å². The van der Waals surface area contributed by atoms with Crippen LogP contribution in [0.5, 0.6) is 0 Å². The van der Waals surface area contributed by atoms with E-state index in [1.54, 1.807) is 0 Å². The summed E-state index contributed by atoms with van der Waals surface area (Å²) in [6.45, 7) is 0. The topological polar surface area (TPSA) is 38.1 Å². The summed E-state index contributed by atoms with van der Waals surface area (Å²) in [6, 6.07) is 10.1. The van der Waals surface area contributed by atoms with Crippen LogP contribution in [-0.2, 0) is 0 Å². The second kappa shape index (κ2) is 8.39. The molecule has 3 fully saturated rings. The Labute approximate surface area is 178 Å². The van der Waals surface area contributed by atoms with Gasteiger partial charge >= 0.3 is 0 Å². The zero-order chi connectivity index (χ0) is 19.8. The molecule has 2 saturated heterocycles. The lowest BCUT2D eigenvalue weighted by atomic mass is 9.79. The maximum atomic E-state index is 13.0. The van der Waals surface area contributed by atoms with E-state index in [2.05, 4.69) is 9.88 Å². The molecule has 0 amide bonds. The molecule has 1 saturated carbocycles. The van der Waals surface area contributed by atoms with Crippen molar-refractivity contribution in [3.8, 4) is 0 Å². The Hall–Kier alpha value is -1.39. The molecule has 2 aromatic rings. The van der Waals surface area contributed by atoms with E-state index >= 15 is 0 Å². The Morgan fingerprint density at radius 3 is 2.14 bits per heavy atom. The molecule has 0 N–H and O–H groups in total. The van der Waals surface area contributed by atoms with Gasteiger partial charge in [-0.25, -0.2) is 4.98 Å². The first-order valence-electron chi connectivity index (χ1n) is 11.7. The van der Waals surface area contributed by atoms with Crippen LogP contribution in [-0.4, -0.2) is 32.6 Å². The number of fused-ring (bicyclic) bond motifs is 3. The number of piperidine rings is 2. The fourth-order valence-electron chi connectivity index (χ4n) is 6.42. The van der Waals surface area contributed by atoms with E-state index in [-0.39, 0.29) is 16.8 Å². The normalized spacial score (nSPS) is 29.5. The highest BCUT2D eigenvalue weighted by Crippen LogP contribution is 2.42. The molecule has 29 heavy (non-hydrogen) atoms. The van der Waals surface area contributed by atoms with Gasteiger partial charge in [-0.1, -0.05) is 62.3 Å². The van der Waals surface area contributed by atoms with Gasteiger partial charge in [0.05, 0.1) is 11.0 Å². The lowest BCUT2D eigenvalue weighted by Gasteiger charge is -2.53. The van der Waals surface area contributed by atoms with Gasteiger partial charge in [0.15, 0.2) is 5.15 Å². The van der Waals surface area contributed by atoms with Crippen LogP contribution in [0.25, 0.3) is 11.0 Å². The molecule has 156 valence electrons. The van der Waals surface area contributed by atoms with E-state index < -0.39 is 0 Å². The molecule has 0 radical (unpaired) electrons. The summed E-state index contributed by atoms with van der Waals surface area (Å²) in [7, 11) is 0. The molecular weight excluding hydrogens is 382 g/mol. The Kier molecular flexibility index (Phi) is 5.66. The maximum Gasteiger partial charge on any atom is 0.288 e. The van der Waals surface area contributed by atoms with Gasteiger partial charge < -0.3 is 4.57 Å². The molecule has 2 bridgehead atoms. The molecule has 2 aliphatic heterocycles. The molecule has 3 heterocycles. The average Bonchev–Trinajstić information content (AvgIpc) is 2.68. The van der Waals surface area contributed by atoms with Crippen LogP contribution in [0.3, 0.4) is 0 Å². The van der Waals surface area contributed by atoms with E-state index in [1.807, 2.05) is 28.8 Å². The zero-order valence-corrected chi connectivity index (χ0v) is 18.0. The van der Waals surface area contributed by atoms with Gasteiger partial charge in [0.1, 0.15) is 0 Å². The van der Waals surface area contributed by atoms with Crippen LogP contribution in [0.15, 0.2) is 29.1 Å². The Balaban J connectivity index is 1.47. The smallest absolute Gasteiger partial charge is 0.288 e. The highest BCUT2D eigenvalue weighted by atomic mass is 35.5. The van der Waals surface area contributed by atoms with Gasteiger partial charge in [-0.3, -0.25) is 9.69 Å². The van der Waals surface area contributed by atoms with E-state index in [0.717, 1.165) is 29.9 Å². The lowest BCUT2D eigenvalue weighted by molar-refractivity contribution is -0.0246. The van der Waals surface area contributed by atoms with Crippen LogP contribution in [0.2, 0.25) is 5.15 Å². The van der Waals surface area contributed by atoms with Crippen molar-refractivity contribution in [1.82, 2.24) is 14.5 Å². The van der Waals surface area contributed by atoms with Crippen molar-refractivity contribution >= 4 is 22.6 Å². The predicted molar refractivity (Wildman–Crippen MR) is 119 cm³/mol. The SMILES string of the molecule is O=c1c(Cl)nc2ccccc2n1[C@@H]1C[C@H]2CCC[C@@H](C1)N2C1CCCCCCC1. The minimum absolute atomic E-state index is 0.108. The van der Waals surface area contributed by atoms with Crippen LogP contribution >= 0.6 is 11.6 Å². The first-order chi connectivity index (χ1) is 14.2. The van der Waals surface area contributed by atoms with Gasteiger partial charge in [-0.05, 0) is 50.7 Å². The molecule has 3 aliphatic rings. The lowest BCUT2D eigenvalue weighted by Crippen LogP contribution is -2.57. The molecule has 1 aromatic heterocycles. The highest BCUT2D eigenvalue weighted by Gasteiger charge is 2.42. The van der Waals surface area contributed by atoms with Gasteiger partial charge in [0.25, 0.3) is 5.56 Å². The number of hydrogen-bond donors (Lipinski definition) is 0. The van der Waals surface area contributed by atoms with Crippen molar-refractivity contribution in [3.05, 3.63) is 39.8 Å².